The van der Waals surface area contributed by atoms with E-state index in [9.17, 15) is 13.2 Å². The van der Waals surface area contributed by atoms with E-state index in [-0.39, 0.29) is 16.8 Å². The van der Waals surface area contributed by atoms with E-state index in [0.717, 1.165) is 38.0 Å². The molecule has 1 N–H and O–H groups in total. The van der Waals surface area contributed by atoms with Crippen LogP contribution in [0.15, 0.2) is 53.4 Å². The minimum atomic E-state index is -3.61. The van der Waals surface area contributed by atoms with Gasteiger partial charge in [-0.2, -0.15) is 4.31 Å². The van der Waals surface area contributed by atoms with Crippen LogP contribution in [0.1, 0.15) is 49.9 Å². The molecule has 2 aromatic carbocycles. The summed E-state index contributed by atoms with van der Waals surface area (Å²) in [4.78, 5) is 15.3. The van der Waals surface area contributed by atoms with Gasteiger partial charge < -0.3 is 10.2 Å². The maximum atomic E-state index is 13.1. The lowest BCUT2D eigenvalue weighted by Crippen LogP contribution is -2.41. The Bertz CT molecular complexity index is 1040. The van der Waals surface area contributed by atoms with Crippen molar-refractivity contribution in [3.63, 3.8) is 0 Å². The number of carbonyl (C=O) groups excluding carboxylic acids is 1. The number of carbonyl (C=O) groups is 1. The predicted octanol–water partition coefficient (Wildman–Crippen LogP) is 4.35. The van der Waals surface area contributed by atoms with Crippen LogP contribution in [0.4, 0.5) is 11.4 Å². The third kappa shape index (κ3) is 4.77. The molecule has 2 heterocycles. The van der Waals surface area contributed by atoms with Gasteiger partial charge in [0.25, 0.3) is 5.91 Å². The fourth-order valence-electron chi connectivity index (χ4n) is 4.49. The lowest BCUT2D eigenvalue weighted by Gasteiger charge is -2.32. The predicted molar refractivity (Wildman–Crippen MR) is 124 cm³/mol. The van der Waals surface area contributed by atoms with Crippen LogP contribution in [0.5, 0.6) is 0 Å². The van der Waals surface area contributed by atoms with Gasteiger partial charge in [0.2, 0.25) is 10.0 Å². The molecule has 7 heteroatoms. The topological polar surface area (TPSA) is 69.7 Å². The highest BCUT2D eigenvalue weighted by Gasteiger charge is 2.31. The molecule has 0 aromatic heterocycles. The summed E-state index contributed by atoms with van der Waals surface area (Å²) in [5.74, 6) is 0.391. The molecule has 6 nitrogen and oxygen atoms in total. The fourth-order valence-corrected chi connectivity index (χ4v) is 6.24. The third-order valence-electron chi connectivity index (χ3n) is 6.36. The normalized spacial score (nSPS) is 22.5. The van der Waals surface area contributed by atoms with Crippen LogP contribution >= 0.6 is 0 Å². The van der Waals surface area contributed by atoms with Gasteiger partial charge in [-0.3, -0.25) is 4.79 Å². The van der Waals surface area contributed by atoms with Gasteiger partial charge >= 0.3 is 0 Å². The first-order valence-corrected chi connectivity index (χ1v) is 12.6. The van der Waals surface area contributed by atoms with Gasteiger partial charge in [-0.05, 0) is 74.6 Å². The van der Waals surface area contributed by atoms with Crippen LogP contribution in [0.25, 0.3) is 0 Å². The highest BCUT2D eigenvalue weighted by Crippen LogP contribution is 2.27. The minimum Gasteiger partial charge on any atom is -0.371 e. The number of hydrogen-bond donors (Lipinski definition) is 1. The Balaban J connectivity index is 1.47. The van der Waals surface area contributed by atoms with Gasteiger partial charge in [-0.15, -0.1) is 0 Å². The molecule has 0 bridgehead atoms. The average Bonchev–Trinajstić information content (AvgIpc) is 3.21. The second-order valence-electron chi connectivity index (χ2n) is 8.83. The first-order valence-electron chi connectivity index (χ1n) is 11.1. The smallest absolute Gasteiger partial charge is 0.255 e. The molecule has 0 radical (unpaired) electrons. The van der Waals surface area contributed by atoms with E-state index in [0.29, 0.717) is 23.7 Å². The molecule has 0 aliphatic carbocycles. The van der Waals surface area contributed by atoms with Crippen molar-refractivity contribution in [1.82, 2.24) is 4.31 Å². The van der Waals surface area contributed by atoms with E-state index in [1.165, 1.54) is 12.5 Å². The zero-order valence-corrected chi connectivity index (χ0v) is 19.1. The molecule has 2 unspecified atom stereocenters. The van der Waals surface area contributed by atoms with E-state index in [1.807, 2.05) is 31.2 Å². The van der Waals surface area contributed by atoms with Crippen molar-refractivity contribution in [2.24, 2.45) is 5.92 Å². The van der Waals surface area contributed by atoms with Crippen molar-refractivity contribution >= 4 is 27.3 Å². The van der Waals surface area contributed by atoms with Gasteiger partial charge in [0.15, 0.2) is 0 Å². The van der Waals surface area contributed by atoms with Crippen LogP contribution < -0.4 is 10.2 Å². The van der Waals surface area contributed by atoms with Crippen LogP contribution in [-0.4, -0.2) is 44.3 Å². The third-order valence-corrected chi connectivity index (χ3v) is 8.37. The number of anilines is 2. The molecule has 2 saturated heterocycles. The maximum Gasteiger partial charge on any atom is 0.255 e. The minimum absolute atomic E-state index is 0.0201. The second-order valence-corrected chi connectivity index (χ2v) is 10.7. The summed E-state index contributed by atoms with van der Waals surface area (Å²) in [5, 5.41) is 2.89. The molecule has 2 aliphatic heterocycles. The van der Waals surface area contributed by atoms with Gasteiger partial charge in [0.05, 0.1) is 4.90 Å². The molecule has 2 aromatic rings. The van der Waals surface area contributed by atoms with Gasteiger partial charge in [0, 0.05) is 42.6 Å². The van der Waals surface area contributed by atoms with Crippen LogP contribution in [-0.2, 0) is 10.0 Å². The molecule has 4 rings (SSSR count). The average molecular weight is 442 g/mol. The van der Waals surface area contributed by atoms with Crippen molar-refractivity contribution in [1.29, 1.82) is 0 Å². The summed E-state index contributed by atoms with van der Waals surface area (Å²) in [6.45, 7) is 6.85. The fraction of sp³-hybridized carbons (Fsp3) is 0.458. The molecule has 0 spiro atoms. The zero-order valence-electron chi connectivity index (χ0n) is 18.3. The molecule has 166 valence electrons. The van der Waals surface area contributed by atoms with Crippen molar-refractivity contribution < 1.29 is 13.2 Å². The number of piperidine rings is 1. The summed E-state index contributed by atoms with van der Waals surface area (Å²) in [6.07, 6.45) is 3.99. The van der Waals surface area contributed by atoms with E-state index >= 15 is 0 Å². The number of rotatable bonds is 5. The number of sulfonamides is 1. The Morgan fingerprint density at radius 2 is 1.77 bits per heavy atom. The molecular weight excluding hydrogens is 410 g/mol. The van der Waals surface area contributed by atoms with Gasteiger partial charge in [0.1, 0.15) is 0 Å². The van der Waals surface area contributed by atoms with Crippen molar-refractivity contribution in [3.05, 3.63) is 54.1 Å². The van der Waals surface area contributed by atoms with Gasteiger partial charge in [-0.1, -0.05) is 19.4 Å². The Morgan fingerprint density at radius 1 is 1.00 bits per heavy atom. The highest BCUT2D eigenvalue weighted by molar-refractivity contribution is 7.89. The first kappa shape index (κ1) is 21.8. The van der Waals surface area contributed by atoms with E-state index in [4.69, 9.17) is 0 Å². The standard InChI is InChI=1S/C24H31N3O3S/c1-18-13-15-26(17-18)22-11-9-21(10-12-22)25-24(28)20-7-5-8-23(16-20)31(29,30)27-14-4-3-6-19(27)2/h5,7-12,16,18-19H,3-4,6,13-15,17H2,1-2H3,(H,25,28). The lowest BCUT2D eigenvalue weighted by molar-refractivity contribution is 0.102. The summed E-state index contributed by atoms with van der Waals surface area (Å²) in [6, 6.07) is 14.1. The Hall–Kier alpha value is -2.38. The number of amides is 1. The van der Waals surface area contributed by atoms with E-state index in [2.05, 4.69) is 17.1 Å². The Kier molecular flexibility index (Phi) is 6.34. The SMILES string of the molecule is CC1CCN(c2ccc(NC(=O)c3cccc(S(=O)(=O)N4CCCCC4C)c3)cc2)C1. The van der Waals surface area contributed by atoms with Crippen LogP contribution in [0.2, 0.25) is 0 Å². The second kappa shape index (κ2) is 9.01. The molecule has 2 aliphatic rings. The summed E-state index contributed by atoms with van der Waals surface area (Å²) < 4.78 is 27.8. The summed E-state index contributed by atoms with van der Waals surface area (Å²) in [5.41, 5.74) is 2.19. The lowest BCUT2D eigenvalue weighted by atomic mass is 10.1. The molecule has 1 amide bonds. The van der Waals surface area contributed by atoms with E-state index in [1.54, 1.807) is 22.5 Å². The van der Waals surface area contributed by atoms with Crippen molar-refractivity contribution in [2.45, 2.75) is 50.5 Å². The Labute approximate surface area is 185 Å². The first-order chi connectivity index (χ1) is 14.8. The van der Waals surface area contributed by atoms with E-state index < -0.39 is 10.0 Å². The van der Waals surface area contributed by atoms with Crippen molar-refractivity contribution in [3.8, 4) is 0 Å². The molecule has 2 atom stereocenters. The molecule has 31 heavy (non-hydrogen) atoms. The quantitative estimate of drug-likeness (QED) is 0.749. The van der Waals surface area contributed by atoms with Crippen LogP contribution in [0, 0.1) is 5.92 Å². The zero-order chi connectivity index (χ0) is 22.0. The summed E-state index contributed by atoms with van der Waals surface area (Å²) in [7, 11) is -3.61. The number of hydrogen-bond acceptors (Lipinski definition) is 4. The number of benzene rings is 2. The van der Waals surface area contributed by atoms with Crippen molar-refractivity contribution in [2.75, 3.05) is 29.9 Å². The molecule has 2 fully saturated rings. The number of nitrogens with zero attached hydrogens (tertiary/aromatic N) is 2. The number of nitrogens with one attached hydrogen (secondary N) is 1. The Morgan fingerprint density at radius 3 is 2.45 bits per heavy atom. The summed E-state index contributed by atoms with van der Waals surface area (Å²) >= 11 is 0. The van der Waals surface area contributed by atoms with Crippen LogP contribution in [0.3, 0.4) is 0 Å². The maximum absolute atomic E-state index is 13.1. The monoisotopic (exact) mass is 441 g/mol. The van der Waals surface area contributed by atoms with Gasteiger partial charge in [-0.25, -0.2) is 8.42 Å². The largest absolute Gasteiger partial charge is 0.371 e. The molecule has 0 saturated carbocycles. The molecular formula is C24H31N3O3S. The highest BCUT2D eigenvalue weighted by atomic mass is 32.2.